The highest BCUT2D eigenvalue weighted by Gasteiger charge is 2.34. The molecule has 2 N–H and O–H groups in total. The predicted molar refractivity (Wildman–Crippen MR) is 152 cm³/mol. The average molecular weight is 584 g/mol. The van der Waals surface area contributed by atoms with Gasteiger partial charge in [-0.3, -0.25) is 4.79 Å². The van der Waals surface area contributed by atoms with Crippen LogP contribution in [0.15, 0.2) is 41.3 Å². The number of anilines is 4. The van der Waals surface area contributed by atoms with Gasteiger partial charge in [-0.15, -0.1) is 0 Å². The Labute approximate surface area is 240 Å². The molecule has 1 fully saturated rings. The number of aromatic nitrogens is 5. The number of rotatable bonds is 8. The van der Waals surface area contributed by atoms with E-state index >= 15 is 0 Å². The van der Waals surface area contributed by atoms with Gasteiger partial charge in [0.25, 0.3) is 5.91 Å². The first-order chi connectivity index (χ1) is 19.9. The maximum Gasteiger partial charge on any atom is 0.418 e. The molecule has 4 aromatic rings. The van der Waals surface area contributed by atoms with Gasteiger partial charge in [-0.2, -0.15) is 13.2 Å². The number of hydrogen-bond donors (Lipinski definition) is 2. The van der Waals surface area contributed by atoms with Gasteiger partial charge in [0, 0.05) is 37.2 Å². The molecule has 4 heterocycles. The standard InChI is InChI=1S/C28H32F3N9O2/c1-27(2,3)21-14-22(38-42-21)36-25(41)17-7-8-18(28(29,30)31)19(13-17)35-24-23-20(33-16-34-24)15-32-26(37-23)39(4)11-12-40-9-5-6-10-40/h7-8,13-16H,5-6,9-12H2,1-4H3,(H,33,34,35)(H,36,38,41). The van der Waals surface area contributed by atoms with Crippen LogP contribution < -0.4 is 15.5 Å². The molecule has 1 aliphatic rings. The van der Waals surface area contributed by atoms with Crippen molar-refractivity contribution in [3.8, 4) is 0 Å². The average Bonchev–Trinajstić information content (AvgIpc) is 3.63. The molecule has 1 saturated heterocycles. The first kappa shape index (κ1) is 29.2. The van der Waals surface area contributed by atoms with E-state index in [2.05, 4.69) is 40.6 Å². The van der Waals surface area contributed by atoms with Gasteiger partial charge in [-0.25, -0.2) is 19.9 Å². The molecule has 0 unspecified atom stereocenters. The second kappa shape index (κ2) is 11.5. The van der Waals surface area contributed by atoms with Crippen LogP contribution in [-0.4, -0.2) is 69.1 Å². The Hall–Kier alpha value is -4.33. The van der Waals surface area contributed by atoms with Crippen LogP contribution in [-0.2, 0) is 11.6 Å². The number of alkyl halides is 3. The van der Waals surface area contributed by atoms with Crippen LogP contribution in [0.2, 0.25) is 0 Å². The first-order valence-electron chi connectivity index (χ1n) is 13.6. The maximum atomic E-state index is 14.0. The third kappa shape index (κ3) is 6.59. The second-order valence-electron chi connectivity index (χ2n) is 11.3. The number of benzene rings is 1. The van der Waals surface area contributed by atoms with Gasteiger partial charge in [0.1, 0.15) is 23.1 Å². The highest BCUT2D eigenvalue weighted by molar-refractivity contribution is 6.04. The topological polar surface area (TPSA) is 125 Å². The fraction of sp³-hybridized carbons (Fsp3) is 0.429. The zero-order valence-corrected chi connectivity index (χ0v) is 23.8. The van der Waals surface area contributed by atoms with Crippen LogP contribution in [0.25, 0.3) is 11.0 Å². The van der Waals surface area contributed by atoms with Crippen LogP contribution in [0.4, 0.5) is 36.4 Å². The van der Waals surface area contributed by atoms with Gasteiger partial charge >= 0.3 is 6.18 Å². The molecule has 0 bridgehead atoms. The van der Waals surface area contributed by atoms with Crippen molar-refractivity contribution in [3.63, 3.8) is 0 Å². The van der Waals surface area contributed by atoms with E-state index in [1.165, 1.54) is 25.4 Å². The summed E-state index contributed by atoms with van der Waals surface area (Å²) in [5, 5.41) is 9.17. The van der Waals surface area contributed by atoms with Crippen molar-refractivity contribution in [1.82, 2.24) is 30.0 Å². The van der Waals surface area contributed by atoms with Crippen molar-refractivity contribution >= 4 is 40.2 Å². The summed E-state index contributed by atoms with van der Waals surface area (Å²) >= 11 is 0. The number of carbonyl (C=O) groups is 1. The summed E-state index contributed by atoms with van der Waals surface area (Å²) in [7, 11) is 1.86. The third-order valence-corrected chi connectivity index (χ3v) is 6.99. The van der Waals surface area contributed by atoms with Crippen molar-refractivity contribution in [3.05, 3.63) is 53.7 Å². The molecule has 0 spiro atoms. The number of hydrogen-bond acceptors (Lipinski definition) is 10. The van der Waals surface area contributed by atoms with Crippen molar-refractivity contribution < 1.29 is 22.5 Å². The Kier molecular flexibility index (Phi) is 7.99. The van der Waals surface area contributed by atoms with E-state index in [9.17, 15) is 18.0 Å². The van der Waals surface area contributed by atoms with Gasteiger partial charge < -0.3 is 25.0 Å². The fourth-order valence-electron chi connectivity index (χ4n) is 4.56. The van der Waals surface area contributed by atoms with E-state index in [-0.39, 0.29) is 33.8 Å². The lowest BCUT2D eigenvalue weighted by Crippen LogP contribution is -2.32. The van der Waals surface area contributed by atoms with Gasteiger partial charge in [0.15, 0.2) is 11.6 Å². The molecule has 222 valence electrons. The quantitative estimate of drug-likeness (QED) is 0.284. The van der Waals surface area contributed by atoms with Crippen molar-refractivity contribution in [2.75, 3.05) is 48.8 Å². The third-order valence-electron chi connectivity index (χ3n) is 6.99. The minimum atomic E-state index is -4.70. The second-order valence-corrected chi connectivity index (χ2v) is 11.3. The molecule has 42 heavy (non-hydrogen) atoms. The monoisotopic (exact) mass is 583 g/mol. The molecule has 0 saturated carbocycles. The highest BCUT2D eigenvalue weighted by Crippen LogP contribution is 2.37. The van der Waals surface area contributed by atoms with Gasteiger partial charge in [-0.1, -0.05) is 25.9 Å². The summed E-state index contributed by atoms with van der Waals surface area (Å²) in [6, 6.07) is 4.63. The molecule has 0 atom stereocenters. The predicted octanol–water partition coefficient (Wildman–Crippen LogP) is 5.25. The van der Waals surface area contributed by atoms with Gasteiger partial charge in [0.05, 0.1) is 17.4 Å². The first-order valence-corrected chi connectivity index (χ1v) is 13.6. The number of likely N-dealkylation sites (N-methyl/N-ethyl adjacent to an activating group) is 1. The molecule has 1 amide bonds. The lowest BCUT2D eigenvalue weighted by molar-refractivity contribution is -0.136. The van der Waals surface area contributed by atoms with Crippen LogP contribution in [0.5, 0.6) is 0 Å². The van der Waals surface area contributed by atoms with E-state index in [0.717, 1.165) is 37.8 Å². The molecule has 1 aromatic carbocycles. The Morgan fingerprint density at radius 3 is 2.55 bits per heavy atom. The Morgan fingerprint density at radius 1 is 1.10 bits per heavy atom. The Bertz CT molecular complexity index is 1580. The molecule has 1 aliphatic heterocycles. The fourth-order valence-corrected chi connectivity index (χ4v) is 4.56. The maximum absolute atomic E-state index is 14.0. The molecule has 14 heteroatoms. The number of nitrogens with zero attached hydrogens (tertiary/aromatic N) is 7. The minimum absolute atomic E-state index is 0.0267. The molecule has 0 aliphatic carbocycles. The lowest BCUT2D eigenvalue weighted by Gasteiger charge is -2.21. The molecular weight excluding hydrogens is 551 g/mol. The van der Waals surface area contributed by atoms with Crippen molar-refractivity contribution in [2.24, 2.45) is 0 Å². The summed E-state index contributed by atoms with van der Waals surface area (Å²) in [4.78, 5) is 34.5. The Balaban J connectivity index is 1.42. The zero-order valence-electron chi connectivity index (χ0n) is 23.8. The summed E-state index contributed by atoms with van der Waals surface area (Å²) in [6.07, 6.45) is 0.387. The molecule has 11 nitrogen and oxygen atoms in total. The molecule has 5 rings (SSSR count). The smallest absolute Gasteiger partial charge is 0.359 e. The van der Waals surface area contributed by atoms with Crippen LogP contribution >= 0.6 is 0 Å². The number of halogens is 3. The number of fused-ring (bicyclic) bond motifs is 1. The number of amides is 1. The molecule has 0 radical (unpaired) electrons. The number of likely N-dealkylation sites (tertiary alicyclic amines) is 1. The van der Waals surface area contributed by atoms with Crippen molar-refractivity contribution in [2.45, 2.75) is 45.2 Å². The lowest BCUT2D eigenvalue weighted by atomic mass is 9.93. The summed E-state index contributed by atoms with van der Waals surface area (Å²) in [5.41, 5.74) is -1.11. The summed E-state index contributed by atoms with van der Waals surface area (Å²) < 4.78 is 47.3. The van der Waals surface area contributed by atoms with Gasteiger partial charge in [-0.05, 0) is 44.1 Å². The van der Waals surface area contributed by atoms with Gasteiger partial charge in [0.2, 0.25) is 5.95 Å². The minimum Gasteiger partial charge on any atom is -0.359 e. The van der Waals surface area contributed by atoms with Crippen LogP contribution in [0, 0.1) is 0 Å². The van der Waals surface area contributed by atoms with E-state index in [4.69, 9.17) is 4.52 Å². The van der Waals surface area contributed by atoms with E-state index in [1.54, 1.807) is 6.07 Å². The van der Waals surface area contributed by atoms with Crippen LogP contribution in [0.3, 0.4) is 0 Å². The van der Waals surface area contributed by atoms with E-state index in [0.29, 0.717) is 23.8 Å². The van der Waals surface area contributed by atoms with E-state index < -0.39 is 17.6 Å². The van der Waals surface area contributed by atoms with Crippen molar-refractivity contribution in [1.29, 1.82) is 0 Å². The van der Waals surface area contributed by atoms with E-state index in [1.807, 2.05) is 32.7 Å². The number of carbonyl (C=O) groups excluding carboxylic acids is 1. The largest absolute Gasteiger partial charge is 0.418 e. The summed E-state index contributed by atoms with van der Waals surface area (Å²) in [6.45, 7) is 9.41. The number of nitrogens with one attached hydrogen (secondary N) is 2. The summed E-state index contributed by atoms with van der Waals surface area (Å²) in [5.74, 6) is 0.486. The Morgan fingerprint density at radius 2 is 1.86 bits per heavy atom. The normalized spacial score (nSPS) is 14.4. The zero-order chi connectivity index (χ0) is 30.1. The highest BCUT2D eigenvalue weighted by atomic mass is 19.4. The molecule has 3 aromatic heterocycles. The SMILES string of the molecule is CN(CCN1CCCC1)c1ncc2ncnc(Nc3cc(C(=O)Nc4cc(C(C)(C)C)on4)ccc3C(F)(F)F)c2n1. The molecular formula is C28H32F3N9O2. The van der Waals surface area contributed by atoms with Crippen LogP contribution in [0.1, 0.15) is 55.3 Å².